The smallest absolute Gasteiger partial charge is 0.0702 e. The maximum Gasteiger partial charge on any atom is 0.0702 e. The summed E-state index contributed by atoms with van der Waals surface area (Å²) in [7, 11) is 0. The van der Waals surface area contributed by atoms with Crippen molar-refractivity contribution in [2.45, 2.75) is 6.92 Å². The van der Waals surface area contributed by atoms with Crippen molar-refractivity contribution in [3.8, 4) is 0 Å². The standard InChI is InChI=1S/C23H20N2/c1-2-25-21(15-14-19-9-4-6-13-23(19)25)11-7-8-18-16-20-10-3-5-12-22(20)24-17-18/h3-17H,2H2,1H3. The van der Waals surface area contributed by atoms with Crippen molar-refractivity contribution in [1.82, 2.24) is 4.98 Å². The number of para-hydroxylation sites is 2. The molecule has 0 atom stereocenters. The van der Waals surface area contributed by atoms with Gasteiger partial charge in [0.05, 0.1) is 5.52 Å². The predicted molar refractivity (Wildman–Crippen MR) is 107 cm³/mol. The number of fused-ring (bicyclic) bond motifs is 2. The van der Waals surface area contributed by atoms with Crippen LogP contribution in [-0.2, 0) is 0 Å². The van der Waals surface area contributed by atoms with Gasteiger partial charge in [-0.15, -0.1) is 0 Å². The van der Waals surface area contributed by atoms with Crippen LogP contribution in [0.4, 0.5) is 5.69 Å². The van der Waals surface area contributed by atoms with E-state index in [1.54, 1.807) is 0 Å². The summed E-state index contributed by atoms with van der Waals surface area (Å²) in [6.45, 7) is 3.12. The molecule has 1 aliphatic rings. The largest absolute Gasteiger partial charge is 0.341 e. The Labute approximate surface area is 148 Å². The van der Waals surface area contributed by atoms with Gasteiger partial charge in [-0.25, -0.2) is 0 Å². The van der Waals surface area contributed by atoms with Crippen molar-refractivity contribution in [2.24, 2.45) is 0 Å². The van der Waals surface area contributed by atoms with Crippen molar-refractivity contribution in [1.29, 1.82) is 0 Å². The summed E-state index contributed by atoms with van der Waals surface area (Å²) in [6.07, 6.45) is 12.6. The molecule has 2 nitrogen and oxygen atoms in total. The number of benzene rings is 2. The minimum Gasteiger partial charge on any atom is -0.341 e. The first-order valence-corrected chi connectivity index (χ1v) is 8.63. The number of pyridine rings is 1. The second kappa shape index (κ2) is 6.78. The van der Waals surface area contributed by atoms with E-state index < -0.39 is 0 Å². The Kier molecular flexibility index (Phi) is 4.17. The van der Waals surface area contributed by atoms with Crippen LogP contribution in [0, 0.1) is 0 Å². The number of likely N-dealkylation sites (N-methyl/N-ethyl adjacent to an activating group) is 1. The fourth-order valence-corrected chi connectivity index (χ4v) is 3.21. The Balaban J connectivity index is 1.61. The van der Waals surface area contributed by atoms with Crippen molar-refractivity contribution >= 4 is 28.7 Å². The van der Waals surface area contributed by atoms with Gasteiger partial charge in [0.15, 0.2) is 0 Å². The first-order valence-electron chi connectivity index (χ1n) is 8.63. The Morgan fingerprint density at radius 3 is 2.76 bits per heavy atom. The molecule has 25 heavy (non-hydrogen) atoms. The molecule has 3 aromatic rings. The highest BCUT2D eigenvalue weighted by Crippen LogP contribution is 2.30. The van der Waals surface area contributed by atoms with Crippen LogP contribution in [0.2, 0.25) is 0 Å². The first kappa shape index (κ1) is 15.4. The highest BCUT2D eigenvalue weighted by Gasteiger charge is 2.14. The zero-order valence-electron chi connectivity index (χ0n) is 14.3. The maximum atomic E-state index is 4.51. The molecule has 1 aliphatic heterocycles. The molecular formula is C23H20N2. The lowest BCUT2D eigenvalue weighted by atomic mass is 10.1. The third-order valence-electron chi connectivity index (χ3n) is 4.46. The molecule has 0 spiro atoms. The summed E-state index contributed by atoms with van der Waals surface area (Å²) in [5.41, 5.74) is 5.87. The van der Waals surface area contributed by atoms with Crippen LogP contribution in [0.5, 0.6) is 0 Å². The maximum absolute atomic E-state index is 4.51. The van der Waals surface area contributed by atoms with Crippen LogP contribution in [-0.4, -0.2) is 11.5 Å². The van der Waals surface area contributed by atoms with Gasteiger partial charge < -0.3 is 4.90 Å². The van der Waals surface area contributed by atoms with Gasteiger partial charge in [0.1, 0.15) is 0 Å². The van der Waals surface area contributed by atoms with E-state index in [4.69, 9.17) is 0 Å². The molecule has 0 aliphatic carbocycles. The first-order chi connectivity index (χ1) is 12.3. The zero-order chi connectivity index (χ0) is 17.1. The minimum atomic E-state index is 0.943. The molecule has 122 valence electrons. The molecule has 0 radical (unpaired) electrons. The third kappa shape index (κ3) is 3.11. The van der Waals surface area contributed by atoms with Crippen molar-refractivity contribution in [3.63, 3.8) is 0 Å². The van der Waals surface area contributed by atoms with Gasteiger partial charge in [0.25, 0.3) is 0 Å². The molecule has 1 aromatic heterocycles. The molecule has 0 saturated heterocycles. The molecule has 0 fully saturated rings. The van der Waals surface area contributed by atoms with Crippen molar-refractivity contribution < 1.29 is 0 Å². The quantitative estimate of drug-likeness (QED) is 0.615. The van der Waals surface area contributed by atoms with Gasteiger partial charge in [-0.05, 0) is 48.4 Å². The summed E-state index contributed by atoms with van der Waals surface area (Å²) >= 11 is 0. The van der Waals surface area contributed by atoms with Crippen LogP contribution < -0.4 is 4.90 Å². The molecule has 0 N–H and O–H groups in total. The van der Waals surface area contributed by atoms with Crippen LogP contribution in [0.3, 0.4) is 0 Å². The van der Waals surface area contributed by atoms with Gasteiger partial charge in [0.2, 0.25) is 0 Å². The zero-order valence-corrected chi connectivity index (χ0v) is 14.3. The van der Waals surface area contributed by atoms with E-state index in [1.807, 2.05) is 24.4 Å². The summed E-state index contributed by atoms with van der Waals surface area (Å²) in [5.74, 6) is 0. The summed E-state index contributed by atoms with van der Waals surface area (Å²) < 4.78 is 0. The van der Waals surface area contributed by atoms with Crippen LogP contribution >= 0.6 is 0 Å². The normalized spacial score (nSPS) is 15.2. The van der Waals surface area contributed by atoms with Crippen molar-refractivity contribution in [3.05, 3.63) is 95.8 Å². The van der Waals surface area contributed by atoms with Crippen LogP contribution in [0.1, 0.15) is 18.1 Å². The molecule has 0 unspecified atom stereocenters. The van der Waals surface area contributed by atoms with E-state index in [-0.39, 0.29) is 0 Å². The van der Waals surface area contributed by atoms with Gasteiger partial charge in [-0.3, -0.25) is 4.98 Å². The molecule has 0 bridgehead atoms. The lowest BCUT2D eigenvalue weighted by Crippen LogP contribution is -2.23. The minimum absolute atomic E-state index is 0.943. The average Bonchev–Trinajstić information content (AvgIpc) is 2.67. The molecule has 0 saturated carbocycles. The Morgan fingerprint density at radius 2 is 1.84 bits per heavy atom. The average molecular weight is 324 g/mol. The Bertz CT molecular complexity index is 996. The number of allylic oxidation sites excluding steroid dienone is 3. The highest BCUT2D eigenvalue weighted by atomic mass is 15.1. The Hall–Kier alpha value is -3.13. The van der Waals surface area contributed by atoms with E-state index in [1.165, 1.54) is 22.3 Å². The summed E-state index contributed by atoms with van der Waals surface area (Å²) in [6, 6.07) is 18.9. The van der Waals surface area contributed by atoms with Gasteiger partial charge in [-0.2, -0.15) is 0 Å². The molecule has 4 rings (SSSR count). The molecular weight excluding hydrogens is 304 g/mol. The second-order valence-corrected chi connectivity index (χ2v) is 6.05. The summed E-state index contributed by atoms with van der Waals surface area (Å²) in [5, 5.41) is 1.17. The summed E-state index contributed by atoms with van der Waals surface area (Å²) in [4.78, 5) is 6.84. The topological polar surface area (TPSA) is 16.1 Å². The number of nitrogens with zero attached hydrogens (tertiary/aromatic N) is 2. The van der Waals surface area contributed by atoms with Gasteiger partial charge in [-0.1, -0.05) is 54.6 Å². The molecule has 2 heteroatoms. The predicted octanol–water partition coefficient (Wildman–Crippen LogP) is 5.69. The molecule has 2 aromatic carbocycles. The van der Waals surface area contributed by atoms with Gasteiger partial charge >= 0.3 is 0 Å². The lowest BCUT2D eigenvalue weighted by molar-refractivity contribution is 0.971. The fourth-order valence-electron chi connectivity index (χ4n) is 3.21. The SMILES string of the molecule is CCN1C(=CC=Cc2cnc3ccccc3c2)C=Cc2ccccc21. The van der Waals surface area contributed by atoms with E-state index in [2.05, 4.69) is 83.6 Å². The van der Waals surface area contributed by atoms with Crippen molar-refractivity contribution in [2.75, 3.05) is 11.4 Å². The second-order valence-electron chi connectivity index (χ2n) is 6.05. The third-order valence-corrected chi connectivity index (χ3v) is 4.46. The van der Waals surface area contributed by atoms with E-state index in [9.17, 15) is 0 Å². The van der Waals surface area contributed by atoms with E-state index in [0.717, 1.165) is 17.6 Å². The number of anilines is 1. The number of hydrogen-bond donors (Lipinski definition) is 0. The van der Waals surface area contributed by atoms with E-state index in [0.29, 0.717) is 0 Å². The monoisotopic (exact) mass is 324 g/mol. The number of aromatic nitrogens is 1. The lowest BCUT2D eigenvalue weighted by Gasteiger charge is -2.29. The molecule has 0 amide bonds. The number of hydrogen-bond acceptors (Lipinski definition) is 2. The highest BCUT2D eigenvalue weighted by molar-refractivity contribution is 5.81. The fraction of sp³-hybridized carbons (Fsp3) is 0.0870. The Morgan fingerprint density at radius 1 is 1.00 bits per heavy atom. The van der Waals surface area contributed by atoms with Gasteiger partial charge in [0, 0.05) is 29.5 Å². The van der Waals surface area contributed by atoms with E-state index >= 15 is 0 Å². The van der Waals surface area contributed by atoms with Crippen LogP contribution in [0.25, 0.3) is 23.1 Å². The molecule has 2 heterocycles. The number of rotatable bonds is 3. The van der Waals surface area contributed by atoms with Crippen LogP contribution in [0.15, 0.2) is 84.7 Å².